The summed E-state index contributed by atoms with van der Waals surface area (Å²) < 4.78 is 5.70. The molecule has 0 aliphatic carbocycles. The van der Waals surface area contributed by atoms with Gasteiger partial charge in [-0.3, -0.25) is 4.90 Å². The quantitative estimate of drug-likeness (QED) is 0.886. The second-order valence-electron chi connectivity index (χ2n) is 5.37. The minimum absolute atomic E-state index is 0.0878. The topological polar surface area (TPSA) is 38.5 Å². The third kappa shape index (κ3) is 3.78. The molecule has 2 N–H and O–H groups in total. The first kappa shape index (κ1) is 14.5. The number of ether oxygens (including phenoxy) is 1. The first-order chi connectivity index (χ1) is 9.22. The smallest absolute Gasteiger partial charge is 0.0599 e. The molecule has 1 heterocycles. The van der Waals surface area contributed by atoms with Crippen molar-refractivity contribution in [1.29, 1.82) is 0 Å². The normalized spacial score (nSPS) is 21.2. The number of hydrogen-bond acceptors (Lipinski definition) is 3. The number of likely N-dealkylation sites (tertiary alicyclic amines) is 1. The average Bonchev–Trinajstić information content (AvgIpc) is 2.48. The standard InChI is InChI=1S/C16H26N2O/c1-3-19-15-9-11-18(12-10-15)13(2)16(17)14-7-5-4-6-8-14/h4-8,13,15-16H,3,9-12,17H2,1-2H3. The third-order valence-corrected chi connectivity index (χ3v) is 4.16. The molecule has 2 unspecified atom stereocenters. The fraction of sp³-hybridized carbons (Fsp3) is 0.625. The summed E-state index contributed by atoms with van der Waals surface area (Å²) in [7, 11) is 0. The Morgan fingerprint density at radius 2 is 1.89 bits per heavy atom. The molecule has 1 aromatic carbocycles. The highest BCUT2D eigenvalue weighted by atomic mass is 16.5. The van der Waals surface area contributed by atoms with Crippen molar-refractivity contribution in [2.24, 2.45) is 5.73 Å². The summed E-state index contributed by atoms with van der Waals surface area (Å²) in [6.07, 6.45) is 2.70. The lowest BCUT2D eigenvalue weighted by Crippen LogP contribution is -2.46. The number of benzene rings is 1. The predicted octanol–water partition coefficient (Wildman–Crippen LogP) is 2.58. The van der Waals surface area contributed by atoms with E-state index in [0.717, 1.165) is 32.5 Å². The molecule has 1 aliphatic heterocycles. The third-order valence-electron chi connectivity index (χ3n) is 4.16. The fourth-order valence-corrected chi connectivity index (χ4v) is 2.87. The lowest BCUT2D eigenvalue weighted by atomic mass is 9.97. The van der Waals surface area contributed by atoms with Crippen LogP contribution in [0.3, 0.4) is 0 Å². The van der Waals surface area contributed by atoms with Gasteiger partial charge >= 0.3 is 0 Å². The lowest BCUT2D eigenvalue weighted by Gasteiger charge is -2.38. The van der Waals surface area contributed by atoms with Crippen LogP contribution in [-0.4, -0.2) is 36.7 Å². The van der Waals surface area contributed by atoms with Gasteiger partial charge in [0, 0.05) is 31.8 Å². The van der Waals surface area contributed by atoms with Crippen LogP contribution in [0.2, 0.25) is 0 Å². The molecule has 1 fully saturated rings. The van der Waals surface area contributed by atoms with Gasteiger partial charge in [-0.2, -0.15) is 0 Å². The van der Waals surface area contributed by atoms with Crippen LogP contribution in [0, 0.1) is 0 Å². The lowest BCUT2D eigenvalue weighted by molar-refractivity contribution is 0.00309. The van der Waals surface area contributed by atoms with E-state index in [9.17, 15) is 0 Å². The van der Waals surface area contributed by atoms with Crippen molar-refractivity contribution >= 4 is 0 Å². The molecule has 1 aromatic rings. The zero-order chi connectivity index (χ0) is 13.7. The molecule has 1 aliphatic rings. The highest BCUT2D eigenvalue weighted by Crippen LogP contribution is 2.22. The first-order valence-corrected chi connectivity index (χ1v) is 7.38. The van der Waals surface area contributed by atoms with Gasteiger partial charge in [0.05, 0.1) is 6.10 Å². The minimum Gasteiger partial charge on any atom is -0.378 e. The van der Waals surface area contributed by atoms with Crippen LogP contribution in [0.25, 0.3) is 0 Å². The Labute approximate surface area is 116 Å². The van der Waals surface area contributed by atoms with E-state index < -0.39 is 0 Å². The molecule has 3 nitrogen and oxygen atoms in total. The summed E-state index contributed by atoms with van der Waals surface area (Å²) in [5.74, 6) is 0. The number of piperidine rings is 1. The van der Waals surface area contributed by atoms with Gasteiger partial charge in [-0.05, 0) is 32.3 Å². The van der Waals surface area contributed by atoms with Crippen molar-refractivity contribution in [2.75, 3.05) is 19.7 Å². The van der Waals surface area contributed by atoms with E-state index in [0.29, 0.717) is 12.1 Å². The van der Waals surface area contributed by atoms with Crippen LogP contribution in [0.1, 0.15) is 38.3 Å². The molecule has 0 bridgehead atoms. The first-order valence-electron chi connectivity index (χ1n) is 7.38. The molecule has 0 saturated carbocycles. The Bertz CT molecular complexity index is 360. The molecular formula is C16H26N2O. The molecule has 0 radical (unpaired) electrons. The van der Waals surface area contributed by atoms with Crippen molar-refractivity contribution < 1.29 is 4.74 Å². The molecule has 2 atom stereocenters. The van der Waals surface area contributed by atoms with Crippen LogP contribution in [0.5, 0.6) is 0 Å². The van der Waals surface area contributed by atoms with Crippen LogP contribution < -0.4 is 5.73 Å². The summed E-state index contributed by atoms with van der Waals surface area (Å²) in [5.41, 5.74) is 7.61. The van der Waals surface area contributed by atoms with Gasteiger partial charge in [0.25, 0.3) is 0 Å². The Balaban J connectivity index is 1.89. The van der Waals surface area contributed by atoms with Gasteiger partial charge in [-0.25, -0.2) is 0 Å². The van der Waals surface area contributed by atoms with Gasteiger partial charge in [0.2, 0.25) is 0 Å². The zero-order valence-corrected chi connectivity index (χ0v) is 12.1. The Morgan fingerprint density at radius 1 is 1.26 bits per heavy atom. The van der Waals surface area contributed by atoms with Crippen molar-refractivity contribution in [3.05, 3.63) is 35.9 Å². The maximum absolute atomic E-state index is 6.39. The summed E-state index contributed by atoms with van der Waals surface area (Å²) in [4.78, 5) is 2.49. The summed E-state index contributed by atoms with van der Waals surface area (Å²) >= 11 is 0. The van der Waals surface area contributed by atoms with E-state index >= 15 is 0 Å². The van der Waals surface area contributed by atoms with Crippen molar-refractivity contribution in [3.8, 4) is 0 Å². The largest absolute Gasteiger partial charge is 0.378 e. The van der Waals surface area contributed by atoms with Gasteiger partial charge in [-0.1, -0.05) is 30.3 Å². The highest BCUT2D eigenvalue weighted by molar-refractivity contribution is 5.19. The molecule has 0 aromatic heterocycles. The zero-order valence-electron chi connectivity index (χ0n) is 12.1. The fourth-order valence-electron chi connectivity index (χ4n) is 2.87. The van der Waals surface area contributed by atoms with E-state index in [1.807, 2.05) is 6.07 Å². The Hall–Kier alpha value is -0.900. The second-order valence-corrected chi connectivity index (χ2v) is 5.37. The van der Waals surface area contributed by atoms with Crippen molar-refractivity contribution in [3.63, 3.8) is 0 Å². The van der Waals surface area contributed by atoms with Gasteiger partial charge in [0.1, 0.15) is 0 Å². The highest BCUT2D eigenvalue weighted by Gasteiger charge is 2.26. The summed E-state index contributed by atoms with van der Waals surface area (Å²) in [5, 5.41) is 0. The maximum atomic E-state index is 6.39. The van der Waals surface area contributed by atoms with Gasteiger partial charge in [0.15, 0.2) is 0 Å². The Morgan fingerprint density at radius 3 is 2.47 bits per heavy atom. The average molecular weight is 262 g/mol. The summed E-state index contributed by atoms with van der Waals surface area (Å²) in [6, 6.07) is 10.9. The molecule has 106 valence electrons. The van der Waals surface area contributed by atoms with E-state index in [-0.39, 0.29) is 6.04 Å². The molecule has 2 rings (SSSR count). The second kappa shape index (κ2) is 7.04. The molecule has 0 spiro atoms. The number of rotatable bonds is 5. The van der Waals surface area contributed by atoms with E-state index in [1.165, 1.54) is 5.56 Å². The maximum Gasteiger partial charge on any atom is 0.0599 e. The SMILES string of the molecule is CCOC1CCN(C(C)C(N)c2ccccc2)CC1. The van der Waals surface area contributed by atoms with E-state index in [4.69, 9.17) is 10.5 Å². The van der Waals surface area contributed by atoms with Crippen LogP contribution >= 0.6 is 0 Å². The molecule has 3 heteroatoms. The summed E-state index contributed by atoms with van der Waals surface area (Å²) in [6.45, 7) is 7.31. The number of nitrogens with two attached hydrogens (primary N) is 1. The van der Waals surface area contributed by atoms with Gasteiger partial charge < -0.3 is 10.5 Å². The minimum atomic E-state index is 0.0878. The van der Waals surface area contributed by atoms with Crippen LogP contribution in [0.4, 0.5) is 0 Å². The monoisotopic (exact) mass is 262 g/mol. The van der Waals surface area contributed by atoms with E-state index in [2.05, 4.69) is 43.0 Å². The molecular weight excluding hydrogens is 236 g/mol. The van der Waals surface area contributed by atoms with Crippen LogP contribution in [0.15, 0.2) is 30.3 Å². The molecule has 1 saturated heterocycles. The van der Waals surface area contributed by atoms with E-state index in [1.54, 1.807) is 0 Å². The van der Waals surface area contributed by atoms with Gasteiger partial charge in [-0.15, -0.1) is 0 Å². The van der Waals surface area contributed by atoms with Crippen LogP contribution in [-0.2, 0) is 4.74 Å². The Kier molecular flexibility index (Phi) is 5.37. The van der Waals surface area contributed by atoms with Crippen molar-refractivity contribution in [1.82, 2.24) is 4.90 Å². The number of hydrogen-bond donors (Lipinski definition) is 1. The molecule has 0 amide bonds. The predicted molar refractivity (Wildman–Crippen MR) is 79.1 cm³/mol. The number of nitrogens with zero attached hydrogens (tertiary/aromatic N) is 1. The molecule has 19 heavy (non-hydrogen) atoms. The van der Waals surface area contributed by atoms with Crippen molar-refractivity contribution in [2.45, 2.75) is 44.9 Å².